The van der Waals surface area contributed by atoms with Gasteiger partial charge in [-0.05, 0) is 50.8 Å². The average Bonchev–Trinajstić information content (AvgIpc) is 2.93. The molecule has 0 aliphatic carbocycles. The number of nitrogens with zero attached hydrogens (tertiary/aromatic N) is 3. The van der Waals surface area contributed by atoms with Crippen LogP contribution in [0.2, 0.25) is 0 Å². The molecule has 1 aliphatic heterocycles. The molecule has 3 heterocycles. The number of aromatic amines is 1. The van der Waals surface area contributed by atoms with Gasteiger partial charge in [0.25, 0.3) is 5.56 Å². The molecule has 27 heavy (non-hydrogen) atoms. The number of pyridine rings is 1. The summed E-state index contributed by atoms with van der Waals surface area (Å²) in [6.07, 6.45) is 3.05. The molecule has 3 rings (SSSR count). The van der Waals surface area contributed by atoms with Gasteiger partial charge in [0.05, 0.1) is 17.9 Å². The number of H-pyrrole nitrogens is 1. The molecular weight excluding hydrogens is 346 g/mol. The second-order valence-electron chi connectivity index (χ2n) is 7.27. The minimum Gasteiger partial charge on any atom is -0.378 e. The number of aromatic nitrogens is 3. The van der Waals surface area contributed by atoms with Crippen LogP contribution >= 0.6 is 0 Å². The van der Waals surface area contributed by atoms with Crippen LogP contribution in [0.5, 0.6) is 0 Å². The van der Waals surface area contributed by atoms with Gasteiger partial charge in [-0.2, -0.15) is 0 Å². The zero-order valence-electron chi connectivity index (χ0n) is 16.4. The van der Waals surface area contributed by atoms with Gasteiger partial charge in [-0.25, -0.2) is 4.98 Å². The van der Waals surface area contributed by atoms with Crippen LogP contribution in [0.25, 0.3) is 11.0 Å². The van der Waals surface area contributed by atoms with Crippen molar-refractivity contribution < 1.29 is 9.53 Å². The lowest BCUT2D eigenvalue weighted by Crippen LogP contribution is -2.41. The van der Waals surface area contributed by atoms with Gasteiger partial charge in [-0.3, -0.25) is 19.4 Å². The fourth-order valence-corrected chi connectivity index (χ4v) is 3.78. The lowest BCUT2D eigenvalue weighted by molar-refractivity contribution is -0.133. The number of hydrogen-bond acceptors (Lipinski definition) is 5. The van der Waals surface area contributed by atoms with E-state index in [1.54, 1.807) is 11.7 Å². The zero-order valence-corrected chi connectivity index (χ0v) is 16.4. The third-order valence-corrected chi connectivity index (χ3v) is 5.40. The quantitative estimate of drug-likeness (QED) is 0.726. The molecule has 1 aliphatic rings. The van der Waals surface area contributed by atoms with E-state index in [2.05, 4.69) is 10.1 Å². The minimum absolute atomic E-state index is 0.0788. The topological polar surface area (TPSA) is 106 Å². The lowest BCUT2D eigenvalue weighted by Gasteiger charge is -2.32. The van der Waals surface area contributed by atoms with Crippen molar-refractivity contribution in [3.05, 3.63) is 27.2 Å². The van der Waals surface area contributed by atoms with E-state index in [0.29, 0.717) is 37.3 Å². The maximum absolute atomic E-state index is 12.8. The van der Waals surface area contributed by atoms with Crippen LogP contribution in [0, 0.1) is 13.8 Å². The Hall–Kier alpha value is -2.19. The van der Waals surface area contributed by atoms with Crippen molar-refractivity contribution in [3.63, 3.8) is 0 Å². The third kappa shape index (κ3) is 4.06. The number of amides is 1. The molecule has 0 bridgehead atoms. The fraction of sp³-hybridized carbons (Fsp3) is 0.632. The molecule has 0 radical (unpaired) electrons. The molecule has 1 amide bonds. The Morgan fingerprint density at radius 1 is 1.33 bits per heavy atom. The van der Waals surface area contributed by atoms with Gasteiger partial charge in [0.2, 0.25) is 5.91 Å². The third-order valence-electron chi connectivity index (χ3n) is 5.40. The summed E-state index contributed by atoms with van der Waals surface area (Å²) in [5.74, 6) is 0.0788. The zero-order chi connectivity index (χ0) is 19.6. The van der Waals surface area contributed by atoms with Crippen LogP contribution in [-0.4, -0.2) is 57.9 Å². The van der Waals surface area contributed by atoms with Gasteiger partial charge >= 0.3 is 0 Å². The van der Waals surface area contributed by atoms with E-state index in [4.69, 9.17) is 10.5 Å². The summed E-state index contributed by atoms with van der Waals surface area (Å²) in [5, 5.41) is 3.30. The summed E-state index contributed by atoms with van der Waals surface area (Å²) >= 11 is 0. The van der Waals surface area contributed by atoms with E-state index in [1.807, 2.05) is 18.7 Å². The Kier molecular flexibility index (Phi) is 5.96. The smallest absolute Gasteiger partial charge is 0.273 e. The highest BCUT2D eigenvalue weighted by Gasteiger charge is 2.25. The molecule has 3 N–H and O–H groups in total. The molecule has 1 saturated heterocycles. The highest BCUT2D eigenvalue weighted by molar-refractivity contribution is 5.84. The van der Waals surface area contributed by atoms with Crippen molar-refractivity contribution in [1.82, 2.24) is 19.7 Å². The Balaban J connectivity index is 1.68. The van der Waals surface area contributed by atoms with Crippen molar-refractivity contribution >= 4 is 16.9 Å². The Labute approximate surface area is 158 Å². The standard InChI is InChI=1S/C19H29N5O3/c1-12-15(13(2)21-18-17(12)19(26)22-23(18)3)11-16(25)24-8-5-14(6-9-24)27-10-4-7-20/h14H,4-11,20H2,1-3H3,(H,22,26). The van der Waals surface area contributed by atoms with E-state index in [1.165, 1.54) is 0 Å². The van der Waals surface area contributed by atoms with Crippen molar-refractivity contribution in [3.8, 4) is 0 Å². The summed E-state index contributed by atoms with van der Waals surface area (Å²) in [7, 11) is 1.76. The molecule has 0 aromatic carbocycles. The summed E-state index contributed by atoms with van der Waals surface area (Å²) in [4.78, 5) is 31.4. The first kappa shape index (κ1) is 19.6. The van der Waals surface area contributed by atoms with Crippen LogP contribution in [0.3, 0.4) is 0 Å². The average molecular weight is 375 g/mol. The monoisotopic (exact) mass is 375 g/mol. The molecule has 8 heteroatoms. The Morgan fingerprint density at radius 2 is 2.04 bits per heavy atom. The molecule has 2 aromatic rings. The van der Waals surface area contributed by atoms with Gasteiger partial charge in [0.1, 0.15) is 0 Å². The number of ether oxygens (including phenoxy) is 1. The predicted octanol–water partition coefficient (Wildman–Crippen LogP) is 0.777. The first-order chi connectivity index (χ1) is 12.9. The Morgan fingerprint density at radius 3 is 2.70 bits per heavy atom. The van der Waals surface area contributed by atoms with Gasteiger partial charge in [0, 0.05) is 32.4 Å². The second-order valence-corrected chi connectivity index (χ2v) is 7.27. The number of carbonyl (C=O) groups is 1. The summed E-state index contributed by atoms with van der Waals surface area (Å²) in [6.45, 7) is 6.51. The van der Waals surface area contributed by atoms with Crippen molar-refractivity contribution in [2.75, 3.05) is 26.2 Å². The number of piperidine rings is 1. The molecule has 0 spiro atoms. The number of nitrogens with two attached hydrogens (primary N) is 1. The summed E-state index contributed by atoms with van der Waals surface area (Å²) in [5.41, 5.74) is 8.44. The van der Waals surface area contributed by atoms with Gasteiger partial charge in [-0.15, -0.1) is 0 Å². The molecular formula is C19H29N5O3. The van der Waals surface area contributed by atoms with Crippen LogP contribution in [0.4, 0.5) is 0 Å². The second kappa shape index (κ2) is 8.22. The van der Waals surface area contributed by atoms with Crippen LogP contribution in [0.15, 0.2) is 4.79 Å². The van der Waals surface area contributed by atoms with E-state index in [0.717, 1.165) is 36.1 Å². The number of carbonyl (C=O) groups excluding carboxylic acids is 1. The number of likely N-dealkylation sites (tertiary alicyclic amines) is 1. The fourth-order valence-electron chi connectivity index (χ4n) is 3.78. The van der Waals surface area contributed by atoms with Crippen LogP contribution < -0.4 is 11.3 Å². The van der Waals surface area contributed by atoms with Crippen molar-refractivity contribution in [1.29, 1.82) is 0 Å². The van der Waals surface area contributed by atoms with E-state index < -0.39 is 0 Å². The van der Waals surface area contributed by atoms with Gasteiger partial charge in [-0.1, -0.05) is 0 Å². The normalized spacial score (nSPS) is 15.6. The largest absolute Gasteiger partial charge is 0.378 e. The Bertz CT molecular complexity index is 878. The van der Waals surface area contributed by atoms with Crippen LogP contribution in [-0.2, 0) is 23.0 Å². The van der Waals surface area contributed by atoms with Gasteiger partial charge in [0.15, 0.2) is 5.65 Å². The number of hydrogen-bond donors (Lipinski definition) is 2. The summed E-state index contributed by atoms with van der Waals surface area (Å²) < 4.78 is 7.43. The minimum atomic E-state index is -0.165. The molecule has 0 atom stereocenters. The maximum Gasteiger partial charge on any atom is 0.273 e. The molecule has 148 valence electrons. The predicted molar refractivity (Wildman–Crippen MR) is 104 cm³/mol. The SMILES string of the molecule is Cc1nc2c(c(C)c1CC(=O)N1CCC(OCCCN)CC1)c(=O)[nH]n2C. The molecule has 0 saturated carbocycles. The van der Waals surface area contributed by atoms with E-state index in [9.17, 15) is 9.59 Å². The number of fused-ring (bicyclic) bond motifs is 1. The molecule has 1 fully saturated rings. The summed E-state index contributed by atoms with van der Waals surface area (Å²) in [6, 6.07) is 0. The lowest BCUT2D eigenvalue weighted by atomic mass is 10.00. The highest BCUT2D eigenvalue weighted by Crippen LogP contribution is 2.22. The van der Waals surface area contributed by atoms with Gasteiger partial charge < -0.3 is 15.4 Å². The molecule has 2 aromatic heterocycles. The first-order valence-corrected chi connectivity index (χ1v) is 9.56. The molecule has 8 nitrogen and oxygen atoms in total. The van der Waals surface area contributed by atoms with E-state index in [-0.39, 0.29) is 24.0 Å². The number of aryl methyl sites for hydroxylation is 3. The van der Waals surface area contributed by atoms with Crippen molar-refractivity contribution in [2.24, 2.45) is 12.8 Å². The van der Waals surface area contributed by atoms with Crippen molar-refractivity contribution in [2.45, 2.75) is 45.6 Å². The van der Waals surface area contributed by atoms with E-state index >= 15 is 0 Å². The number of nitrogens with one attached hydrogen (secondary N) is 1. The molecule has 0 unspecified atom stereocenters. The maximum atomic E-state index is 12.8. The number of rotatable bonds is 6. The first-order valence-electron chi connectivity index (χ1n) is 9.56. The van der Waals surface area contributed by atoms with Crippen LogP contribution in [0.1, 0.15) is 36.1 Å². The highest BCUT2D eigenvalue weighted by atomic mass is 16.5.